The highest BCUT2D eigenvalue weighted by Gasteiger charge is 2.50. The molecule has 1 heterocycles. The molecule has 11 heteroatoms. The fraction of sp³-hybridized carbons (Fsp3) is 0.394. The summed E-state index contributed by atoms with van der Waals surface area (Å²) in [6.07, 6.45) is 0. The molecule has 1 aliphatic rings. The smallest absolute Gasteiger partial charge is 0.314 e. The molecule has 0 radical (unpaired) electrons. The number of halogens is 2. The minimum absolute atomic E-state index is 0.00282. The van der Waals surface area contributed by atoms with Crippen LogP contribution in [0.3, 0.4) is 0 Å². The van der Waals surface area contributed by atoms with E-state index in [-0.39, 0.29) is 41.9 Å². The quantitative estimate of drug-likeness (QED) is 0.264. The van der Waals surface area contributed by atoms with Crippen LogP contribution < -0.4 is 10.1 Å². The Bertz CT molecular complexity index is 1690. The minimum Gasteiger partial charge on any atom is -0.455 e. The number of sulfonamides is 1. The first-order chi connectivity index (χ1) is 20.6. The van der Waals surface area contributed by atoms with Gasteiger partial charge in [0.05, 0.1) is 16.6 Å². The van der Waals surface area contributed by atoms with Crippen LogP contribution in [0.25, 0.3) is 0 Å². The molecule has 1 fully saturated rings. The number of likely N-dealkylation sites (tertiary alicyclic amines) is 1. The molecule has 1 N–H and O–H groups in total. The molecule has 0 aliphatic carbocycles. The number of nitrogens with one attached hydrogen (secondary N) is 1. The van der Waals surface area contributed by atoms with Gasteiger partial charge in [-0.05, 0) is 65.9 Å². The van der Waals surface area contributed by atoms with Gasteiger partial charge in [0.15, 0.2) is 17.4 Å². The number of benzene rings is 3. The number of ether oxygens (including phenoxy) is 1. The van der Waals surface area contributed by atoms with Crippen molar-refractivity contribution < 1.29 is 31.5 Å². The van der Waals surface area contributed by atoms with Gasteiger partial charge < -0.3 is 15.0 Å². The zero-order valence-electron chi connectivity index (χ0n) is 26.1. The third-order valence-corrected chi connectivity index (χ3v) is 9.94. The van der Waals surface area contributed by atoms with E-state index in [0.29, 0.717) is 11.3 Å². The summed E-state index contributed by atoms with van der Waals surface area (Å²) in [4.78, 5) is 28.1. The fourth-order valence-electron chi connectivity index (χ4n) is 5.63. The number of hydrogen-bond donors (Lipinski definition) is 1. The molecule has 3 aromatic carbocycles. The van der Waals surface area contributed by atoms with Gasteiger partial charge in [-0.1, -0.05) is 59.7 Å². The molecule has 1 atom stereocenters. The van der Waals surface area contributed by atoms with Gasteiger partial charge in [-0.3, -0.25) is 9.59 Å². The third kappa shape index (κ3) is 6.49. The fourth-order valence-corrected chi connectivity index (χ4v) is 7.11. The van der Waals surface area contributed by atoms with Crippen molar-refractivity contribution in [3.05, 3.63) is 82.9 Å². The third-order valence-electron chi connectivity index (χ3n) is 7.90. The molecule has 1 saturated heterocycles. The van der Waals surface area contributed by atoms with Crippen LogP contribution in [0.15, 0.2) is 59.5 Å². The largest absolute Gasteiger partial charge is 0.455 e. The first-order valence-corrected chi connectivity index (χ1v) is 16.0. The molecule has 1 aliphatic heterocycles. The van der Waals surface area contributed by atoms with Crippen molar-refractivity contribution in [2.24, 2.45) is 5.41 Å². The predicted molar refractivity (Wildman–Crippen MR) is 165 cm³/mol. The molecule has 8 nitrogen and oxygen atoms in total. The molecule has 2 amide bonds. The van der Waals surface area contributed by atoms with Gasteiger partial charge in [-0.2, -0.15) is 4.31 Å². The average molecular weight is 628 g/mol. The van der Waals surface area contributed by atoms with Gasteiger partial charge >= 0.3 is 11.8 Å². The van der Waals surface area contributed by atoms with Crippen molar-refractivity contribution in [1.29, 1.82) is 0 Å². The summed E-state index contributed by atoms with van der Waals surface area (Å²) in [6.45, 7) is 13.8. The maximum Gasteiger partial charge on any atom is 0.314 e. The molecule has 0 bridgehead atoms. The van der Waals surface area contributed by atoms with Crippen LogP contribution >= 0.6 is 0 Å². The van der Waals surface area contributed by atoms with Crippen LogP contribution in [0, 0.1) is 24.0 Å². The van der Waals surface area contributed by atoms with Gasteiger partial charge in [-0.15, -0.1) is 0 Å². The Balaban J connectivity index is 1.71. The van der Waals surface area contributed by atoms with E-state index in [1.807, 2.05) is 52.8 Å². The number of nitrogens with zero attached hydrogens (tertiary/aromatic N) is 2. The van der Waals surface area contributed by atoms with Crippen LogP contribution in [-0.2, 0) is 19.6 Å². The standard InChI is InChI=1S/C33H39F2N3O5S/c1-8-37(9-2)44(41,42)23-12-15-28(43-29-16-21(5)10-13-24(29)20(3)4)27(18-23)36-31(39)32(40)38-19-33(6,7)30(38)22-11-14-25(34)26(35)17-22/h10-18,20,30H,8-9,19H2,1-7H3,(H,36,39). The van der Waals surface area contributed by atoms with Crippen molar-refractivity contribution >= 4 is 27.5 Å². The molecular weight excluding hydrogens is 588 g/mol. The Morgan fingerprint density at radius 3 is 2.27 bits per heavy atom. The van der Waals surface area contributed by atoms with E-state index in [2.05, 4.69) is 5.32 Å². The number of carbonyl (C=O) groups is 2. The summed E-state index contributed by atoms with van der Waals surface area (Å²) in [5.74, 6) is -3.20. The highest BCUT2D eigenvalue weighted by Crippen LogP contribution is 2.48. The highest BCUT2D eigenvalue weighted by atomic mass is 32.2. The van der Waals surface area contributed by atoms with Crippen LogP contribution in [-0.4, -0.2) is 49.1 Å². The second-order valence-corrected chi connectivity index (χ2v) is 13.9. The van der Waals surface area contributed by atoms with E-state index in [0.717, 1.165) is 23.3 Å². The van der Waals surface area contributed by atoms with E-state index in [1.165, 1.54) is 33.5 Å². The Morgan fingerprint density at radius 2 is 1.68 bits per heavy atom. The highest BCUT2D eigenvalue weighted by molar-refractivity contribution is 7.89. The number of amides is 2. The molecule has 1 unspecified atom stereocenters. The second-order valence-electron chi connectivity index (χ2n) is 12.0. The maximum absolute atomic E-state index is 14.1. The lowest BCUT2D eigenvalue weighted by Crippen LogP contribution is -2.60. The number of carbonyl (C=O) groups excluding carboxylic acids is 2. The van der Waals surface area contributed by atoms with Crippen LogP contribution in [0.1, 0.15) is 70.2 Å². The van der Waals surface area contributed by atoms with Gasteiger partial charge in [-0.25, -0.2) is 17.2 Å². The summed E-state index contributed by atoms with van der Waals surface area (Å²) in [5, 5.41) is 2.58. The summed E-state index contributed by atoms with van der Waals surface area (Å²) in [7, 11) is -3.91. The summed E-state index contributed by atoms with van der Waals surface area (Å²) in [6, 6.07) is 12.6. The maximum atomic E-state index is 14.1. The predicted octanol–water partition coefficient (Wildman–Crippen LogP) is 6.77. The van der Waals surface area contributed by atoms with E-state index in [4.69, 9.17) is 4.74 Å². The van der Waals surface area contributed by atoms with E-state index >= 15 is 0 Å². The monoisotopic (exact) mass is 627 g/mol. The second kappa shape index (κ2) is 12.6. The average Bonchev–Trinajstić information content (AvgIpc) is 2.94. The molecule has 4 rings (SSSR count). The zero-order chi connectivity index (χ0) is 32.6. The van der Waals surface area contributed by atoms with Crippen LogP contribution in [0.2, 0.25) is 0 Å². The molecule has 0 aromatic heterocycles. The Labute approximate surface area is 258 Å². The summed E-state index contributed by atoms with van der Waals surface area (Å²) < 4.78 is 61.9. The van der Waals surface area contributed by atoms with Crippen molar-refractivity contribution in [3.8, 4) is 11.5 Å². The van der Waals surface area contributed by atoms with Crippen molar-refractivity contribution in [2.75, 3.05) is 25.0 Å². The lowest BCUT2D eigenvalue weighted by Gasteiger charge is -2.54. The van der Waals surface area contributed by atoms with Gasteiger partial charge in [0, 0.05) is 25.0 Å². The summed E-state index contributed by atoms with van der Waals surface area (Å²) in [5.41, 5.74) is 1.69. The topological polar surface area (TPSA) is 96.0 Å². The van der Waals surface area contributed by atoms with E-state index in [9.17, 15) is 26.8 Å². The lowest BCUT2D eigenvalue weighted by molar-refractivity contribution is -0.158. The van der Waals surface area contributed by atoms with Gasteiger partial charge in [0.25, 0.3) is 0 Å². The van der Waals surface area contributed by atoms with Gasteiger partial charge in [0.1, 0.15) is 5.75 Å². The van der Waals surface area contributed by atoms with Crippen molar-refractivity contribution in [3.63, 3.8) is 0 Å². The van der Waals surface area contributed by atoms with E-state index < -0.39 is 44.9 Å². The molecule has 0 saturated carbocycles. The number of rotatable bonds is 9. The first kappa shape index (κ1) is 33.1. The first-order valence-electron chi connectivity index (χ1n) is 14.6. The van der Waals surface area contributed by atoms with Crippen LogP contribution in [0.5, 0.6) is 11.5 Å². The zero-order valence-corrected chi connectivity index (χ0v) is 26.9. The molecule has 236 valence electrons. The SMILES string of the molecule is CCN(CC)S(=O)(=O)c1ccc(Oc2cc(C)ccc2C(C)C)c(NC(=O)C(=O)N2CC(C)(C)C2c2ccc(F)c(F)c2)c1. The number of aryl methyl sites for hydroxylation is 1. The number of anilines is 1. The Kier molecular flexibility index (Phi) is 9.51. The van der Waals surface area contributed by atoms with E-state index in [1.54, 1.807) is 13.8 Å². The normalized spacial score (nSPS) is 16.2. The molecule has 0 spiro atoms. The molecule has 3 aromatic rings. The Morgan fingerprint density at radius 1 is 1.00 bits per heavy atom. The summed E-state index contributed by atoms with van der Waals surface area (Å²) >= 11 is 0. The number of hydrogen-bond acceptors (Lipinski definition) is 5. The van der Waals surface area contributed by atoms with Crippen molar-refractivity contribution in [2.45, 2.75) is 65.3 Å². The molecule has 44 heavy (non-hydrogen) atoms. The van der Waals surface area contributed by atoms with Crippen LogP contribution in [0.4, 0.5) is 14.5 Å². The molecular formula is C33H39F2N3O5S. The minimum atomic E-state index is -3.91. The Hall–Kier alpha value is -3.83. The lowest BCUT2D eigenvalue weighted by atomic mass is 9.71. The van der Waals surface area contributed by atoms with Crippen molar-refractivity contribution in [1.82, 2.24) is 9.21 Å². The van der Waals surface area contributed by atoms with Gasteiger partial charge in [0.2, 0.25) is 10.0 Å².